The van der Waals surface area contributed by atoms with Crippen molar-refractivity contribution < 1.29 is 47.4 Å². The molecule has 34 heavy (non-hydrogen) atoms. The van der Waals surface area contributed by atoms with Crippen LogP contribution in [0.1, 0.15) is 55.7 Å². The van der Waals surface area contributed by atoms with Crippen LogP contribution in [0.4, 0.5) is 4.79 Å². The molecule has 1 amide bonds. The fourth-order valence-corrected chi connectivity index (χ4v) is 3.57. The van der Waals surface area contributed by atoms with Gasteiger partial charge >= 0.3 is 19.9 Å². The van der Waals surface area contributed by atoms with Gasteiger partial charge in [0.2, 0.25) is 0 Å². The molecule has 0 saturated heterocycles. The third-order valence-corrected chi connectivity index (χ3v) is 5.44. The van der Waals surface area contributed by atoms with E-state index >= 15 is 0 Å². The lowest BCUT2D eigenvalue weighted by Gasteiger charge is -2.13. The molecular weight excluding hydrogens is 469 g/mol. The fraction of sp³-hybridized carbons (Fsp3) is 0.636. The maximum atomic E-state index is 11.9. The number of carbonyl (C=O) groups is 2. The lowest BCUT2D eigenvalue weighted by atomic mass is 10.1. The Labute approximate surface area is 200 Å². The molecule has 0 radical (unpaired) electrons. The van der Waals surface area contributed by atoms with Gasteiger partial charge in [-0.15, -0.1) is 0 Å². The highest BCUT2D eigenvalue weighted by Crippen LogP contribution is 2.42. The lowest BCUT2D eigenvalue weighted by Crippen LogP contribution is -2.25. The van der Waals surface area contributed by atoms with Gasteiger partial charge in [0.15, 0.2) is 6.79 Å². The van der Waals surface area contributed by atoms with Crippen LogP contribution in [0.25, 0.3) is 0 Å². The first-order valence-electron chi connectivity index (χ1n) is 11.2. The molecule has 1 unspecified atom stereocenters. The molecule has 0 heterocycles. The summed E-state index contributed by atoms with van der Waals surface area (Å²) in [5, 5.41) is 11.1. The number of aliphatic hydroxyl groups is 1. The SMILES string of the molecule is CCCOCC(=O)Oc1c(C)cc(COC(=O)NCCCCCCOP(=O)(O)OCO)cc1C. The third kappa shape index (κ3) is 13.0. The van der Waals surface area contributed by atoms with Gasteiger partial charge in [-0.25, -0.2) is 14.2 Å². The minimum Gasteiger partial charge on any atom is -0.445 e. The summed E-state index contributed by atoms with van der Waals surface area (Å²) in [6, 6.07) is 3.60. The summed E-state index contributed by atoms with van der Waals surface area (Å²) in [6.07, 6.45) is 3.05. The van der Waals surface area contributed by atoms with Crippen molar-refractivity contribution in [1.29, 1.82) is 0 Å². The number of esters is 1. The Morgan fingerprint density at radius 2 is 1.71 bits per heavy atom. The molecular formula is C22H36NO10P. The van der Waals surface area contributed by atoms with Crippen molar-refractivity contribution in [2.45, 2.75) is 59.5 Å². The van der Waals surface area contributed by atoms with Gasteiger partial charge in [0.1, 0.15) is 19.0 Å². The first-order chi connectivity index (χ1) is 16.2. The molecule has 11 nitrogen and oxygen atoms in total. The Kier molecular flexibility index (Phi) is 14.6. The number of aliphatic hydroxyl groups excluding tert-OH is 1. The number of phosphoric ester groups is 1. The van der Waals surface area contributed by atoms with Crippen molar-refractivity contribution >= 4 is 19.9 Å². The normalized spacial score (nSPS) is 12.7. The van der Waals surface area contributed by atoms with E-state index in [1.807, 2.05) is 20.8 Å². The summed E-state index contributed by atoms with van der Waals surface area (Å²) in [4.78, 5) is 32.9. The van der Waals surface area contributed by atoms with E-state index in [1.54, 1.807) is 12.1 Å². The highest BCUT2D eigenvalue weighted by atomic mass is 31.2. The maximum absolute atomic E-state index is 11.9. The maximum Gasteiger partial charge on any atom is 0.474 e. The smallest absolute Gasteiger partial charge is 0.445 e. The van der Waals surface area contributed by atoms with Crippen LogP contribution in [0.3, 0.4) is 0 Å². The highest BCUT2D eigenvalue weighted by Gasteiger charge is 2.19. The van der Waals surface area contributed by atoms with Gasteiger partial charge in [-0.2, -0.15) is 0 Å². The van der Waals surface area contributed by atoms with Crippen molar-refractivity contribution in [1.82, 2.24) is 5.32 Å². The Bertz CT molecular complexity index is 794. The predicted molar refractivity (Wildman–Crippen MR) is 123 cm³/mol. The van der Waals surface area contributed by atoms with Crippen molar-refractivity contribution in [2.75, 3.05) is 33.2 Å². The van der Waals surface area contributed by atoms with E-state index in [0.29, 0.717) is 31.7 Å². The van der Waals surface area contributed by atoms with Gasteiger partial charge in [-0.3, -0.25) is 9.05 Å². The number of hydrogen-bond acceptors (Lipinski definition) is 9. The number of carbonyl (C=O) groups excluding carboxylic acids is 2. The minimum absolute atomic E-state index is 0.0344. The number of alkyl carbamates (subject to hydrolysis) is 1. The van der Waals surface area contributed by atoms with E-state index in [2.05, 4.69) is 14.4 Å². The van der Waals surface area contributed by atoms with E-state index in [-0.39, 0.29) is 19.8 Å². The first kappa shape index (κ1) is 30.0. The summed E-state index contributed by atoms with van der Waals surface area (Å²) < 4.78 is 35.8. The first-order valence-corrected chi connectivity index (χ1v) is 12.7. The second-order valence-electron chi connectivity index (χ2n) is 7.56. The topological polar surface area (TPSA) is 150 Å². The van der Waals surface area contributed by atoms with Gasteiger partial charge in [-0.05, 0) is 61.9 Å². The summed E-state index contributed by atoms with van der Waals surface area (Å²) in [5.74, 6) is 0.0195. The Morgan fingerprint density at radius 1 is 1.03 bits per heavy atom. The van der Waals surface area contributed by atoms with Crippen LogP contribution in [0, 0.1) is 13.8 Å². The van der Waals surface area contributed by atoms with Crippen LogP contribution in [0.2, 0.25) is 0 Å². The van der Waals surface area contributed by atoms with Crippen molar-refractivity contribution in [3.8, 4) is 5.75 Å². The highest BCUT2D eigenvalue weighted by molar-refractivity contribution is 7.47. The molecule has 1 atom stereocenters. The molecule has 0 saturated carbocycles. The van der Waals surface area contributed by atoms with Crippen LogP contribution in [-0.4, -0.2) is 55.2 Å². The monoisotopic (exact) mass is 505 g/mol. The summed E-state index contributed by atoms with van der Waals surface area (Å²) in [5.41, 5.74) is 2.29. The quantitative estimate of drug-likeness (QED) is 0.0943. The van der Waals surface area contributed by atoms with Gasteiger partial charge in [-0.1, -0.05) is 19.8 Å². The van der Waals surface area contributed by atoms with E-state index in [4.69, 9.17) is 24.2 Å². The number of phosphoric acid groups is 1. The third-order valence-electron chi connectivity index (χ3n) is 4.49. The van der Waals surface area contributed by atoms with Gasteiger partial charge in [0.25, 0.3) is 0 Å². The number of benzene rings is 1. The number of unbranched alkanes of at least 4 members (excludes halogenated alkanes) is 3. The van der Waals surface area contributed by atoms with Crippen LogP contribution < -0.4 is 10.1 Å². The molecule has 0 aliphatic carbocycles. The number of aryl methyl sites for hydroxylation is 2. The van der Waals surface area contributed by atoms with Gasteiger partial charge in [0, 0.05) is 13.2 Å². The van der Waals surface area contributed by atoms with E-state index in [9.17, 15) is 14.2 Å². The minimum atomic E-state index is -4.17. The number of amides is 1. The van der Waals surface area contributed by atoms with E-state index in [0.717, 1.165) is 36.0 Å². The predicted octanol–water partition coefficient (Wildman–Crippen LogP) is 3.51. The molecule has 0 fully saturated rings. The number of ether oxygens (including phenoxy) is 3. The van der Waals surface area contributed by atoms with Crippen molar-refractivity contribution in [3.05, 3.63) is 28.8 Å². The zero-order chi connectivity index (χ0) is 25.4. The fourth-order valence-electron chi connectivity index (χ4n) is 2.99. The van der Waals surface area contributed by atoms with Crippen LogP contribution in [0.5, 0.6) is 5.75 Å². The van der Waals surface area contributed by atoms with E-state index < -0.39 is 26.7 Å². The molecule has 0 bridgehead atoms. The zero-order valence-electron chi connectivity index (χ0n) is 20.0. The summed E-state index contributed by atoms with van der Waals surface area (Å²) in [7, 11) is -4.17. The molecule has 3 N–H and O–H groups in total. The second kappa shape index (κ2) is 16.6. The number of nitrogens with one attached hydrogen (secondary N) is 1. The molecule has 0 aliphatic rings. The van der Waals surface area contributed by atoms with Gasteiger partial charge in [0.05, 0.1) is 6.61 Å². The average Bonchev–Trinajstić information content (AvgIpc) is 2.76. The van der Waals surface area contributed by atoms with Crippen LogP contribution in [0.15, 0.2) is 12.1 Å². The van der Waals surface area contributed by atoms with Crippen LogP contribution in [-0.2, 0) is 34.5 Å². The number of rotatable bonds is 17. The second-order valence-corrected chi connectivity index (χ2v) is 9.02. The summed E-state index contributed by atoms with van der Waals surface area (Å²) >= 11 is 0. The molecule has 1 rings (SSSR count). The van der Waals surface area contributed by atoms with Crippen molar-refractivity contribution in [3.63, 3.8) is 0 Å². The molecule has 1 aromatic rings. The van der Waals surface area contributed by atoms with Crippen LogP contribution >= 0.6 is 7.82 Å². The zero-order valence-corrected chi connectivity index (χ0v) is 20.9. The summed E-state index contributed by atoms with van der Waals surface area (Å²) in [6.45, 7) is 5.64. The molecule has 0 aliphatic heterocycles. The van der Waals surface area contributed by atoms with Gasteiger partial charge < -0.3 is 29.5 Å². The molecule has 0 spiro atoms. The molecule has 12 heteroatoms. The standard InChI is InChI=1S/C22H36NO10P/c1-4-10-29-15-20(25)33-21-17(2)12-19(13-18(21)3)14-30-22(26)23-9-7-5-6-8-11-31-34(27,28)32-16-24/h12-13,24H,4-11,14-16H2,1-3H3,(H,23,26)(H,27,28). The lowest BCUT2D eigenvalue weighted by molar-refractivity contribution is -0.139. The Balaban J connectivity index is 2.26. The Morgan fingerprint density at radius 3 is 2.35 bits per heavy atom. The largest absolute Gasteiger partial charge is 0.474 e. The van der Waals surface area contributed by atoms with E-state index in [1.165, 1.54) is 0 Å². The molecule has 0 aromatic heterocycles. The van der Waals surface area contributed by atoms with Crippen molar-refractivity contribution in [2.24, 2.45) is 0 Å². The molecule has 1 aromatic carbocycles. The average molecular weight is 506 g/mol. The molecule has 194 valence electrons. The number of hydrogen-bond donors (Lipinski definition) is 3. The Hall–Kier alpha value is -2.01.